The first kappa shape index (κ1) is 12.2. The van der Waals surface area contributed by atoms with Crippen molar-refractivity contribution >= 4 is 0 Å². The van der Waals surface area contributed by atoms with E-state index in [0.717, 1.165) is 12.5 Å². The van der Waals surface area contributed by atoms with Crippen LogP contribution in [0.1, 0.15) is 19.8 Å². The van der Waals surface area contributed by atoms with Crippen LogP contribution in [0.25, 0.3) is 0 Å². The third-order valence-corrected chi connectivity index (χ3v) is 1.26. The molecule has 0 heterocycles. The van der Waals surface area contributed by atoms with E-state index in [9.17, 15) is 13.2 Å². The molecular formula is C9H13F3O. The third kappa shape index (κ3) is 9.14. The second-order valence-electron chi connectivity index (χ2n) is 2.61. The molecule has 1 atom stereocenters. The highest BCUT2D eigenvalue weighted by Crippen LogP contribution is 2.21. The fourth-order valence-electron chi connectivity index (χ4n) is 0.712. The van der Waals surface area contributed by atoms with Crippen LogP contribution >= 0.6 is 0 Å². The number of hydrogen-bond donors (Lipinski definition) is 1. The summed E-state index contributed by atoms with van der Waals surface area (Å²) in [4.78, 5) is 0. The molecule has 0 spiro atoms. The molecule has 0 saturated carbocycles. The van der Waals surface area contributed by atoms with Crippen molar-refractivity contribution < 1.29 is 18.3 Å². The Morgan fingerprint density at radius 2 is 1.92 bits per heavy atom. The molecule has 0 saturated heterocycles. The lowest BCUT2D eigenvalue weighted by Gasteiger charge is -2.08. The molecule has 0 aliphatic rings. The third-order valence-electron chi connectivity index (χ3n) is 1.26. The smallest absolute Gasteiger partial charge is 0.389 e. The van der Waals surface area contributed by atoms with Gasteiger partial charge in [0.05, 0.1) is 12.5 Å². The van der Waals surface area contributed by atoms with E-state index < -0.39 is 18.7 Å². The van der Waals surface area contributed by atoms with Gasteiger partial charge in [0, 0.05) is 0 Å². The lowest BCUT2D eigenvalue weighted by Crippen LogP contribution is -2.17. The molecular weight excluding hydrogens is 181 g/mol. The molecule has 0 aromatic carbocycles. The lowest BCUT2D eigenvalue weighted by molar-refractivity contribution is -0.148. The van der Waals surface area contributed by atoms with Crippen molar-refractivity contribution in [2.45, 2.75) is 32.0 Å². The van der Waals surface area contributed by atoms with Gasteiger partial charge in [0.1, 0.15) is 0 Å². The molecule has 0 amide bonds. The Labute approximate surface area is 75.6 Å². The lowest BCUT2D eigenvalue weighted by atomic mass is 10.2. The maximum absolute atomic E-state index is 11.7. The summed E-state index contributed by atoms with van der Waals surface area (Å²) in [6.45, 7) is 1.91. The van der Waals surface area contributed by atoms with E-state index in [4.69, 9.17) is 5.11 Å². The normalized spacial score (nSPS) is 15.8. The second kappa shape index (κ2) is 5.80. The molecule has 13 heavy (non-hydrogen) atoms. The van der Waals surface area contributed by atoms with Crippen molar-refractivity contribution in [2.75, 3.05) is 0 Å². The maximum Gasteiger partial charge on any atom is 0.391 e. The van der Waals surface area contributed by atoms with Crippen LogP contribution in [0.3, 0.4) is 0 Å². The number of hydrogen-bond acceptors (Lipinski definition) is 1. The minimum absolute atomic E-state index is 0.819. The number of alkyl halides is 3. The van der Waals surface area contributed by atoms with Crippen LogP contribution in [-0.4, -0.2) is 17.4 Å². The molecule has 0 aliphatic carbocycles. The molecule has 0 aliphatic heterocycles. The Morgan fingerprint density at radius 1 is 1.31 bits per heavy atom. The number of aliphatic hydroxyl groups is 1. The highest BCUT2D eigenvalue weighted by Gasteiger charge is 2.29. The summed E-state index contributed by atoms with van der Waals surface area (Å²) in [7, 11) is 0. The number of halogens is 3. The van der Waals surface area contributed by atoms with Gasteiger partial charge in [-0.15, -0.1) is 0 Å². The largest absolute Gasteiger partial charge is 0.391 e. The van der Waals surface area contributed by atoms with Gasteiger partial charge in [0.15, 0.2) is 0 Å². The molecule has 0 aromatic heterocycles. The molecule has 0 bridgehead atoms. The molecule has 76 valence electrons. The van der Waals surface area contributed by atoms with Crippen molar-refractivity contribution in [2.24, 2.45) is 0 Å². The number of aliphatic hydroxyl groups excluding tert-OH is 1. The summed E-state index contributed by atoms with van der Waals surface area (Å²) in [6.07, 6.45) is -0.182. The minimum atomic E-state index is -4.31. The summed E-state index contributed by atoms with van der Waals surface area (Å²) in [6, 6.07) is 0. The van der Waals surface area contributed by atoms with Crippen molar-refractivity contribution in [1.29, 1.82) is 0 Å². The number of allylic oxidation sites excluding steroid dienone is 3. The van der Waals surface area contributed by atoms with Crippen LogP contribution in [0.2, 0.25) is 0 Å². The van der Waals surface area contributed by atoms with Crippen LogP contribution in [0.5, 0.6) is 0 Å². The van der Waals surface area contributed by atoms with E-state index >= 15 is 0 Å². The Bertz CT molecular complexity index is 182. The van der Waals surface area contributed by atoms with Crippen molar-refractivity contribution in [3.63, 3.8) is 0 Å². The van der Waals surface area contributed by atoms with E-state index in [2.05, 4.69) is 0 Å². The van der Waals surface area contributed by atoms with Gasteiger partial charge in [-0.1, -0.05) is 31.2 Å². The average molecular weight is 194 g/mol. The predicted octanol–water partition coefficient (Wildman–Crippen LogP) is 2.82. The molecule has 0 rings (SSSR count). The van der Waals surface area contributed by atoms with Gasteiger partial charge in [-0.3, -0.25) is 0 Å². The van der Waals surface area contributed by atoms with Gasteiger partial charge in [0.25, 0.3) is 0 Å². The van der Waals surface area contributed by atoms with Crippen LogP contribution < -0.4 is 0 Å². The van der Waals surface area contributed by atoms with E-state index in [0.29, 0.717) is 0 Å². The topological polar surface area (TPSA) is 20.2 Å². The first-order valence-electron chi connectivity index (χ1n) is 4.04. The molecule has 0 radical (unpaired) electrons. The zero-order valence-corrected chi connectivity index (χ0v) is 7.38. The molecule has 1 unspecified atom stereocenters. The van der Waals surface area contributed by atoms with E-state index in [-0.39, 0.29) is 0 Å². The van der Waals surface area contributed by atoms with Gasteiger partial charge >= 0.3 is 6.18 Å². The van der Waals surface area contributed by atoms with Crippen LogP contribution in [0.4, 0.5) is 13.2 Å². The standard InChI is InChI=1S/C9H13F3O/c1-2-3-4-5-6-8(13)7-9(10,11)12/h3-6,8,13H,2,7H2,1H3. The molecule has 0 aromatic rings. The average Bonchev–Trinajstić information content (AvgIpc) is 1.94. The van der Waals surface area contributed by atoms with E-state index in [1.807, 2.05) is 6.92 Å². The number of rotatable bonds is 4. The predicted molar refractivity (Wildman–Crippen MR) is 45.2 cm³/mol. The fourth-order valence-corrected chi connectivity index (χ4v) is 0.712. The fraction of sp³-hybridized carbons (Fsp3) is 0.556. The molecule has 1 N–H and O–H groups in total. The van der Waals surface area contributed by atoms with Gasteiger partial charge in [-0.05, 0) is 6.42 Å². The van der Waals surface area contributed by atoms with Crippen LogP contribution in [0, 0.1) is 0 Å². The maximum atomic E-state index is 11.7. The monoisotopic (exact) mass is 194 g/mol. The van der Waals surface area contributed by atoms with Crippen LogP contribution in [-0.2, 0) is 0 Å². The van der Waals surface area contributed by atoms with Crippen LogP contribution in [0.15, 0.2) is 24.3 Å². The minimum Gasteiger partial charge on any atom is -0.389 e. The molecule has 1 nitrogen and oxygen atoms in total. The second-order valence-corrected chi connectivity index (χ2v) is 2.61. The zero-order chi connectivity index (χ0) is 10.3. The zero-order valence-electron chi connectivity index (χ0n) is 7.38. The summed E-state index contributed by atoms with van der Waals surface area (Å²) in [5.74, 6) is 0. The quantitative estimate of drug-likeness (QED) is 0.682. The summed E-state index contributed by atoms with van der Waals surface area (Å²) in [5, 5.41) is 8.84. The summed E-state index contributed by atoms with van der Waals surface area (Å²) in [5.41, 5.74) is 0. The van der Waals surface area contributed by atoms with Crippen molar-refractivity contribution in [3.05, 3.63) is 24.3 Å². The summed E-state index contributed by atoms with van der Waals surface area (Å²) >= 11 is 0. The Hall–Kier alpha value is -0.770. The van der Waals surface area contributed by atoms with Gasteiger partial charge in [-0.25, -0.2) is 0 Å². The Morgan fingerprint density at radius 3 is 2.38 bits per heavy atom. The van der Waals surface area contributed by atoms with Crippen molar-refractivity contribution in [1.82, 2.24) is 0 Å². The van der Waals surface area contributed by atoms with Gasteiger partial charge in [0.2, 0.25) is 0 Å². The highest BCUT2D eigenvalue weighted by molar-refractivity contribution is 5.04. The molecule has 0 fully saturated rings. The SMILES string of the molecule is CCC=CC=CC(O)CC(F)(F)F. The first-order chi connectivity index (χ1) is 5.95. The van der Waals surface area contributed by atoms with Gasteiger partial charge in [-0.2, -0.15) is 13.2 Å². The Kier molecular flexibility index (Phi) is 5.46. The molecule has 4 heteroatoms. The van der Waals surface area contributed by atoms with E-state index in [1.54, 1.807) is 12.2 Å². The highest BCUT2D eigenvalue weighted by atomic mass is 19.4. The Balaban J connectivity index is 3.80. The van der Waals surface area contributed by atoms with Crippen molar-refractivity contribution in [3.8, 4) is 0 Å². The van der Waals surface area contributed by atoms with E-state index in [1.165, 1.54) is 6.08 Å². The summed E-state index contributed by atoms with van der Waals surface area (Å²) < 4.78 is 35.0. The first-order valence-corrected chi connectivity index (χ1v) is 4.04. The van der Waals surface area contributed by atoms with Gasteiger partial charge < -0.3 is 5.11 Å².